The van der Waals surface area contributed by atoms with Crippen LogP contribution in [0.1, 0.15) is 39.1 Å². The third-order valence-corrected chi connectivity index (χ3v) is 4.66. The summed E-state index contributed by atoms with van der Waals surface area (Å²) in [6.45, 7) is 3.11. The van der Waals surface area contributed by atoms with Crippen molar-refractivity contribution in [1.82, 2.24) is 10.2 Å². The Balaban J connectivity index is 1.95. The molecule has 0 aromatic carbocycles. The molecule has 5 nitrogen and oxygen atoms in total. The highest BCUT2D eigenvalue weighted by molar-refractivity contribution is 7.15. The lowest BCUT2D eigenvalue weighted by Gasteiger charge is -2.35. The van der Waals surface area contributed by atoms with E-state index in [0.29, 0.717) is 10.9 Å². The third-order valence-electron chi connectivity index (χ3n) is 3.58. The molecule has 19 heavy (non-hydrogen) atoms. The van der Waals surface area contributed by atoms with Crippen LogP contribution >= 0.6 is 11.3 Å². The molecule has 1 fully saturated rings. The molecule has 2 unspecified atom stereocenters. The fraction of sp³-hybridized carbons (Fsp3) is 0.538. The molecular weight excluding hydrogens is 264 g/mol. The van der Waals surface area contributed by atoms with Crippen molar-refractivity contribution in [3.63, 3.8) is 0 Å². The van der Waals surface area contributed by atoms with Crippen LogP contribution in [0.2, 0.25) is 0 Å². The first-order chi connectivity index (χ1) is 8.97. The Morgan fingerprint density at radius 2 is 2.11 bits per heavy atom. The van der Waals surface area contributed by atoms with Crippen molar-refractivity contribution < 1.29 is 14.7 Å². The molecule has 104 valence electrons. The molecule has 2 heterocycles. The molecule has 0 aliphatic carbocycles. The topological polar surface area (TPSA) is 69.6 Å². The highest BCUT2D eigenvalue weighted by Crippen LogP contribution is 2.19. The molecule has 1 aliphatic heterocycles. The third kappa shape index (κ3) is 3.33. The van der Waals surface area contributed by atoms with E-state index in [1.54, 1.807) is 6.07 Å². The highest BCUT2D eigenvalue weighted by Gasteiger charge is 2.24. The van der Waals surface area contributed by atoms with Gasteiger partial charge in [-0.15, -0.1) is 11.3 Å². The van der Waals surface area contributed by atoms with Crippen molar-refractivity contribution in [3.8, 4) is 0 Å². The Labute approximate surface area is 116 Å². The molecule has 1 saturated heterocycles. The number of piperidine rings is 1. The van der Waals surface area contributed by atoms with Crippen LogP contribution in [0, 0.1) is 0 Å². The summed E-state index contributed by atoms with van der Waals surface area (Å²) in [6, 6.07) is 3.67. The Hall–Kier alpha value is -1.40. The van der Waals surface area contributed by atoms with Gasteiger partial charge in [-0.25, -0.2) is 4.79 Å². The fourth-order valence-corrected chi connectivity index (χ4v) is 3.00. The molecule has 0 saturated carbocycles. The van der Waals surface area contributed by atoms with Crippen molar-refractivity contribution in [1.29, 1.82) is 0 Å². The first-order valence-electron chi connectivity index (χ1n) is 6.31. The van der Waals surface area contributed by atoms with E-state index >= 15 is 0 Å². The predicted molar refractivity (Wildman–Crippen MR) is 73.9 cm³/mol. The van der Waals surface area contributed by atoms with Gasteiger partial charge in [0, 0.05) is 18.6 Å². The van der Waals surface area contributed by atoms with Gasteiger partial charge in [-0.05, 0) is 38.9 Å². The molecular formula is C13H18N2O3S. The Morgan fingerprint density at radius 3 is 2.68 bits per heavy atom. The zero-order chi connectivity index (χ0) is 14.0. The maximum atomic E-state index is 12.0. The summed E-state index contributed by atoms with van der Waals surface area (Å²) in [6.07, 6.45) is 1.86. The fourth-order valence-electron chi connectivity index (χ4n) is 2.25. The number of nitrogens with zero attached hydrogens (tertiary/aromatic N) is 1. The Morgan fingerprint density at radius 1 is 1.42 bits per heavy atom. The molecule has 2 N–H and O–H groups in total. The largest absolute Gasteiger partial charge is 0.477 e. The number of rotatable bonds is 3. The van der Waals surface area contributed by atoms with Gasteiger partial charge in [0.05, 0.1) is 4.88 Å². The molecule has 0 bridgehead atoms. The van der Waals surface area contributed by atoms with Gasteiger partial charge in [0.15, 0.2) is 0 Å². The van der Waals surface area contributed by atoms with Crippen molar-refractivity contribution in [2.24, 2.45) is 0 Å². The molecule has 1 aromatic heterocycles. The molecule has 0 radical (unpaired) electrons. The van der Waals surface area contributed by atoms with Gasteiger partial charge in [0.25, 0.3) is 5.91 Å². The van der Waals surface area contributed by atoms with Crippen LogP contribution in [0.4, 0.5) is 0 Å². The number of carboxylic acid groups (broad SMARTS) is 1. The molecule has 2 rings (SSSR count). The second-order valence-electron chi connectivity index (χ2n) is 4.99. The number of likely N-dealkylation sites (tertiary alicyclic amines) is 1. The lowest BCUT2D eigenvalue weighted by Crippen LogP contribution is -2.47. The Bertz CT molecular complexity index is 486. The summed E-state index contributed by atoms with van der Waals surface area (Å²) < 4.78 is 0. The van der Waals surface area contributed by atoms with Gasteiger partial charge in [0.2, 0.25) is 0 Å². The summed E-state index contributed by atoms with van der Waals surface area (Å²) in [5, 5.41) is 11.8. The standard InChI is InChI=1S/C13H18N2O3S/c1-8-7-9(5-6-15(8)2)14-12(16)10-3-4-11(19-10)13(17)18/h3-4,8-9H,5-7H2,1-2H3,(H,14,16)(H,17,18). The van der Waals surface area contributed by atoms with E-state index in [1.165, 1.54) is 6.07 Å². The SMILES string of the molecule is CC1CC(NC(=O)c2ccc(C(=O)O)s2)CCN1C. The quantitative estimate of drug-likeness (QED) is 0.884. The van der Waals surface area contributed by atoms with Gasteiger partial charge in [-0.1, -0.05) is 0 Å². The van der Waals surface area contributed by atoms with Gasteiger partial charge in [-0.2, -0.15) is 0 Å². The lowest BCUT2D eigenvalue weighted by atomic mass is 9.99. The summed E-state index contributed by atoms with van der Waals surface area (Å²) in [4.78, 5) is 25.7. The highest BCUT2D eigenvalue weighted by atomic mass is 32.1. The van der Waals surface area contributed by atoms with Crippen LogP contribution in [0.15, 0.2) is 12.1 Å². The molecule has 1 aliphatic rings. The first-order valence-corrected chi connectivity index (χ1v) is 7.13. The number of hydrogen-bond acceptors (Lipinski definition) is 4. The Kier molecular flexibility index (Phi) is 4.21. The predicted octanol–water partition coefficient (Wildman–Crippen LogP) is 1.66. The molecule has 1 aromatic rings. The second kappa shape index (κ2) is 5.71. The van der Waals surface area contributed by atoms with E-state index in [4.69, 9.17) is 5.11 Å². The maximum Gasteiger partial charge on any atom is 0.345 e. The number of carbonyl (C=O) groups is 2. The first kappa shape index (κ1) is 14.0. The van der Waals surface area contributed by atoms with E-state index in [9.17, 15) is 9.59 Å². The summed E-state index contributed by atoms with van der Waals surface area (Å²) >= 11 is 1.02. The molecule has 6 heteroatoms. The average Bonchev–Trinajstić information content (AvgIpc) is 2.83. The summed E-state index contributed by atoms with van der Waals surface area (Å²) in [7, 11) is 2.08. The summed E-state index contributed by atoms with van der Waals surface area (Å²) in [5.74, 6) is -1.16. The summed E-state index contributed by atoms with van der Waals surface area (Å²) in [5.41, 5.74) is 0. The maximum absolute atomic E-state index is 12.0. The minimum absolute atomic E-state index is 0.167. The monoisotopic (exact) mass is 282 g/mol. The van der Waals surface area contributed by atoms with E-state index < -0.39 is 5.97 Å². The minimum Gasteiger partial charge on any atom is -0.477 e. The number of thiophene rings is 1. The van der Waals surface area contributed by atoms with Crippen molar-refractivity contribution in [3.05, 3.63) is 21.9 Å². The smallest absolute Gasteiger partial charge is 0.345 e. The number of carboxylic acids is 1. The van der Waals surface area contributed by atoms with Crippen LogP contribution in [-0.2, 0) is 0 Å². The molecule has 2 atom stereocenters. The van der Waals surface area contributed by atoms with E-state index in [2.05, 4.69) is 24.2 Å². The van der Waals surface area contributed by atoms with Crippen LogP contribution < -0.4 is 5.32 Å². The van der Waals surface area contributed by atoms with Crippen LogP contribution in [-0.4, -0.2) is 47.6 Å². The van der Waals surface area contributed by atoms with Crippen molar-refractivity contribution >= 4 is 23.2 Å². The zero-order valence-corrected chi connectivity index (χ0v) is 11.9. The van der Waals surface area contributed by atoms with Gasteiger partial charge >= 0.3 is 5.97 Å². The van der Waals surface area contributed by atoms with Crippen LogP contribution in [0.5, 0.6) is 0 Å². The molecule has 0 spiro atoms. The number of carbonyl (C=O) groups excluding carboxylic acids is 1. The van der Waals surface area contributed by atoms with Crippen LogP contribution in [0.25, 0.3) is 0 Å². The number of amides is 1. The van der Waals surface area contributed by atoms with Gasteiger partial charge in [0.1, 0.15) is 4.88 Å². The molecule has 1 amide bonds. The van der Waals surface area contributed by atoms with E-state index in [0.717, 1.165) is 30.7 Å². The van der Waals surface area contributed by atoms with Crippen molar-refractivity contribution in [2.45, 2.75) is 31.8 Å². The minimum atomic E-state index is -0.989. The average molecular weight is 282 g/mol. The lowest BCUT2D eigenvalue weighted by molar-refractivity contribution is 0.0702. The number of hydrogen-bond donors (Lipinski definition) is 2. The number of nitrogens with one attached hydrogen (secondary N) is 1. The second-order valence-corrected chi connectivity index (χ2v) is 6.08. The van der Waals surface area contributed by atoms with E-state index in [1.807, 2.05) is 0 Å². The van der Waals surface area contributed by atoms with Gasteiger partial charge in [-0.3, -0.25) is 4.79 Å². The van der Waals surface area contributed by atoms with Crippen molar-refractivity contribution in [2.75, 3.05) is 13.6 Å². The van der Waals surface area contributed by atoms with Gasteiger partial charge < -0.3 is 15.3 Å². The van der Waals surface area contributed by atoms with Crippen LogP contribution in [0.3, 0.4) is 0 Å². The zero-order valence-electron chi connectivity index (χ0n) is 11.0. The number of aromatic carboxylic acids is 1. The van der Waals surface area contributed by atoms with E-state index in [-0.39, 0.29) is 16.8 Å². The normalized spacial score (nSPS) is 24.1.